The van der Waals surface area contributed by atoms with Crippen molar-refractivity contribution in [3.63, 3.8) is 0 Å². The van der Waals surface area contributed by atoms with Crippen molar-refractivity contribution in [1.82, 2.24) is 10.6 Å². The van der Waals surface area contributed by atoms with Gasteiger partial charge in [-0.05, 0) is 18.4 Å². The standard InChI is InChI=1S/C11H24N2O/c1-11(2,3)4-5-12-8-10-9-14-7-6-13-10/h10,12-13H,4-9H2,1-3H3. The van der Waals surface area contributed by atoms with Crippen molar-refractivity contribution >= 4 is 0 Å². The Morgan fingerprint density at radius 2 is 2.21 bits per heavy atom. The molecule has 1 aliphatic rings. The average molecular weight is 200 g/mol. The summed E-state index contributed by atoms with van der Waals surface area (Å²) in [4.78, 5) is 0. The van der Waals surface area contributed by atoms with E-state index in [2.05, 4.69) is 31.4 Å². The van der Waals surface area contributed by atoms with E-state index in [0.717, 1.165) is 32.8 Å². The topological polar surface area (TPSA) is 33.3 Å². The van der Waals surface area contributed by atoms with Gasteiger partial charge in [0.05, 0.1) is 13.2 Å². The average Bonchev–Trinajstić information content (AvgIpc) is 2.13. The largest absolute Gasteiger partial charge is 0.378 e. The van der Waals surface area contributed by atoms with Crippen molar-refractivity contribution < 1.29 is 4.74 Å². The molecule has 3 heteroatoms. The van der Waals surface area contributed by atoms with Crippen LogP contribution in [0.5, 0.6) is 0 Å². The molecule has 0 radical (unpaired) electrons. The number of ether oxygens (including phenoxy) is 1. The molecule has 0 aliphatic carbocycles. The molecule has 2 N–H and O–H groups in total. The van der Waals surface area contributed by atoms with Crippen LogP contribution in [0.25, 0.3) is 0 Å². The molecule has 0 aromatic heterocycles. The Morgan fingerprint density at radius 3 is 2.79 bits per heavy atom. The smallest absolute Gasteiger partial charge is 0.0632 e. The highest BCUT2D eigenvalue weighted by molar-refractivity contribution is 4.73. The molecule has 1 saturated heterocycles. The molecule has 1 unspecified atom stereocenters. The zero-order valence-corrected chi connectivity index (χ0v) is 9.73. The van der Waals surface area contributed by atoms with Gasteiger partial charge in [0.2, 0.25) is 0 Å². The molecule has 14 heavy (non-hydrogen) atoms. The number of hydrogen-bond acceptors (Lipinski definition) is 3. The molecule has 1 rings (SSSR count). The zero-order valence-electron chi connectivity index (χ0n) is 9.73. The fraction of sp³-hybridized carbons (Fsp3) is 1.00. The first-order valence-corrected chi connectivity index (χ1v) is 5.60. The first kappa shape index (κ1) is 12.0. The lowest BCUT2D eigenvalue weighted by atomic mass is 9.92. The lowest BCUT2D eigenvalue weighted by molar-refractivity contribution is 0.0765. The minimum Gasteiger partial charge on any atom is -0.378 e. The predicted molar refractivity (Wildman–Crippen MR) is 59.6 cm³/mol. The second-order valence-electron chi connectivity index (χ2n) is 5.24. The van der Waals surface area contributed by atoms with Gasteiger partial charge in [0.15, 0.2) is 0 Å². The van der Waals surface area contributed by atoms with Gasteiger partial charge in [-0.1, -0.05) is 20.8 Å². The molecule has 1 fully saturated rings. The first-order valence-electron chi connectivity index (χ1n) is 5.60. The monoisotopic (exact) mass is 200 g/mol. The Kier molecular flexibility index (Phi) is 4.85. The Hall–Kier alpha value is -0.120. The molecule has 1 heterocycles. The zero-order chi connectivity index (χ0) is 10.4. The van der Waals surface area contributed by atoms with E-state index in [1.807, 2.05) is 0 Å². The van der Waals surface area contributed by atoms with Crippen molar-refractivity contribution in [2.75, 3.05) is 32.8 Å². The second-order valence-corrected chi connectivity index (χ2v) is 5.24. The molecule has 0 aromatic carbocycles. The summed E-state index contributed by atoms with van der Waals surface area (Å²) in [6.45, 7) is 11.6. The van der Waals surface area contributed by atoms with E-state index in [1.54, 1.807) is 0 Å². The summed E-state index contributed by atoms with van der Waals surface area (Å²) in [5.74, 6) is 0. The lowest BCUT2D eigenvalue weighted by Gasteiger charge is -2.25. The van der Waals surface area contributed by atoms with Crippen molar-refractivity contribution in [3.8, 4) is 0 Å². The summed E-state index contributed by atoms with van der Waals surface area (Å²) in [7, 11) is 0. The normalized spacial score (nSPS) is 23.8. The third-order valence-corrected chi connectivity index (χ3v) is 2.44. The first-order chi connectivity index (χ1) is 6.58. The van der Waals surface area contributed by atoms with Gasteiger partial charge >= 0.3 is 0 Å². The van der Waals surface area contributed by atoms with Crippen LogP contribution in [0.2, 0.25) is 0 Å². The van der Waals surface area contributed by atoms with Gasteiger partial charge in [-0.25, -0.2) is 0 Å². The number of hydrogen-bond donors (Lipinski definition) is 2. The van der Waals surface area contributed by atoms with Crippen LogP contribution < -0.4 is 10.6 Å². The maximum absolute atomic E-state index is 5.38. The molecular formula is C11H24N2O. The van der Waals surface area contributed by atoms with E-state index in [-0.39, 0.29) is 0 Å². The summed E-state index contributed by atoms with van der Waals surface area (Å²) in [5.41, 5.74) is 0.434. The van der Waals surface area contributed by atoms with E-state index in [0.29, 0.717) is 11.5 Å². The third-order valence-electron chi connectivity index (χ3n) is 2.44. The molecule has 3 nitrogen and oxygen atoms in total. The van der Waals surface area contributed by atoms with Crippen molar-refractivity contribution in [3.05, 3.63) is 0 Å². The van der Waals surface area contributed by atoms with Crippen LogP contribution in [0, 0.1) is 5.41 Å². The summed E-state index contributed by atoms with van der Waals surface area (Å²) in [6, 6.07) is 0.503. The minimum atomic E-state index is 0.434. The van der Waals surface area contributed by atoms with Crippen LogP contribution in [-0.2, 0) is 4.74 Å². The Labute approximate surface area is 87.6 Å². The van der Waals surface area contributed by atoms with Crippen molar-refractivity contribution in [1.29, 1.82) is 0 Å². The van der Waals surface area contributed by atoms with Crippen LogP contribution in [0.1, 0.15) is 27.2 Å². The molecule has 0 saturated carbocycles. The van der Waals surface area contributed by atoms with E-state index >= 15 is 0 Å². The van der Waals surface area contributed by atoms with Crippen molar-refractivity contribution in [2.24, 2.45) is 5.41 Å². The van der Waals surface area contributed by atoms with Gasteiger partial charge in [0.25, 0.3) is 0 Å². The number of morpholine rings is 1. The number of rotatable bonds is 4. The molecule has 0 bridgehead atoms. The van der Waals surface area contributed by atoms with Gasteiger partial charge in [0.1, 0.15) is 0 Å². The minimum absolute atomic E-state index is 0.434. The molecule has 0 aromatic rings. The third kappa shape index (κ3) is 5.58. The fourth-order valence-electron chi connectivity index (χ4n) is 1.49. The predicted octanol–water partition coefficient (Wildman–Crippen LogP) is 1.00. The maximum atomic E-state index is 5.38. The van der Waals surface area contributed by atoms with E-state index in [4.69, 9.17) is 4.74 Å². The molecule has 84 valence electrons. The van der Waals surface area contributed by atoms with E-state index in [1.165, 1.54) is 6.42 Å². The van der Waals surface area contributed by atoms with Gasteiger partial charge in [-0.3, -0.25) is 0 Å². The van der Waals surface area contributed by atoms with E-state index < -0.39 is 0 Å². The summed E-state index contributed by atoms with van der Waals surface area (Å²) >= 11 is 0. The molecule has 1 aliphatic heterocycles. The highest BCUT2D eigenvalue weighted by Crippen LogP contribution is 2.16. The quantitative estimate of drug-likeness (QED) is 0.664. The number of nitrogens with one attached hydrogen (secondary N) is 2. The molecule has 1 atom stereocenters. The second kappa shape index (κ2) is 5.69. The van der Waals surface area contributed by atoms with Crippen molar-refractivity contribution in [2.45, 2.75) is 33.2 Å². The highest BCUT2D eigenvalue weighted by atomic mass is 16.5. The van der Waals surface area contributed by atoms with Gasteiger partial charge in [0, 0.05) is 19.1 Å². The Morgan fingerprint density at radius 1 is 1.43 bits per heavy atom. The van der Waals surface area contributed by atoms with E-state index in [9.17, 15) is 0 Å². The van der Waals surface area contributed by atoms with Crippen LogP contribution in [0.3, 0.4) is 0 Å². The van der Waals surface area contributed by atoms with Gasteiger partial charge in [-0.2, -0.15) is 0 Å². The maximum Gasteiger partial charge on any atom is 0.0632 e. The highest BCUT2D eigenvalue weighted by Gasteiger charge is 2.13. The Bertz CT molecular complexity index is 148. The SMILES string of the molecule is CC(C)(C)CCNCC1COCCN1. The lowest BCUT2D eigenvalue weighted by Crippen LogP contribution is -2.47. The van der Waals surface area contributed by atoms with Crippen LogP contribution in [-0.4, -0.2) is 38.9 Å². The fourth-order valence-corrected chi connectivity index (χ4v) is 1.49. The summed E-state index contributed by atoms with van der Waals surface area (Å²) < 4.78 is 5.38. The molecule has 0 amide bonds. The Balaban J connectivity index is 1.97. The molecular weight excluding hydrogens is 176 g/mol. The van der Waals surface area contributed by atoms with Crippen LogP contribution in [0.4, 0.5) is 0 Å². The van der Waals surface area contributed by atoms with Crippen LogP contribution >= 0.6 is 0 Å². The van der Waals surface area contributed by atoms with Crippen LogP contribution in [0.15, 0.2) is 0 Å². The van der Waals surface area contributed by atoms with Gasteiger partial charge < -0.3 is 15.4 Å². The summed E-state index contributed by atoms with van der Waals surface area (Å²) in [5, 5.41) is 6.90. The summed E-state index contributed by atoms with van der Waals surface area (Å²) in [6.07, 6.45) is 1.22. The molecule has 0 spiro atoms. The van der Waals surface area contributed by atoms with Gasteiger partial charge in [-0.15, -0.1) is 0 Å².